The van der Waals surface area contributed by atoms with Gasteiger partial charge in [-0.2, -0.15) is 10.5 Å². The Bertz CT molecular complexity index is 1510. The Morgan fingerprint density at radius 2 is 1.84 bits per heavy atom. The van der Waals surface area contributed by atoms with Crippen LogP contribution in [0.15, 0.2) is 40.8 Å². The highest BCUT2D eigenvalue weighted by Gasteiger charge is 2.21. The lowest BCUT2D eigenvalue weighted by atomic mass is 10.0. The maximum Gasteiger partial charge on any atom is 0.335 e. The number of carboxylic acid groups (broad SMARTS) is 1. The van der Waals surface area contributed by atoms with Crippen molar-refractivity contribution in [1.82, 2.24) is 4.98 Å². The molecule has 0 amide bonds. The van der Waals surface area contributed by atoms with Crippen LogP contribution in [0.5, 0.6) is 0 Å². The lowest BCUT2D eigenvalue weighted by Gasteiger charge is -2.10. The van der Waals surface area contributed by atoms with E-state index in [1.54, 1.807) is 37.3 Å². The Balaban J connectivity index is 1.89. The number of pyridine rings is 1. The molecule has 1 aromatic heterocycles. The standard InChI is InChI=1S/C24H16N4O3/c1-12-17(21-13(2)19(11-26)23(27)28-22(21)18(12)10-25)9-16-7-8-20(31-16)14-3-5-15(6-4-14)24(29)30/h3-9,28H,1,27H2,2H3,(H,29,30)/b17-9+. The quantitative estimate of drug-likeness (QED) is 0.476. The third kappa shape index (κ3) is 3.11. The van der Waals surface area contributed by atoms with Gasteiger partial charge in [0.1, 0.15) is 29.5 Å². The van der Waals surface area contributed by atoms with Crippen LogP contribution in [-0.4, -0.2) is 16.1 Å². The van der Waals surface area contributed by atoms with Gasteiger partial charge in [-0.1, -0.05) is 18.7 Å². The molecule has 7 nitrogen and oxygen atoms in total. The number of fused-ring (bicyclic) bond motifs is 1. The van der Waals surface area contributed by atoms with Gasteiger partial charge in [0.2, 0.25) is 0 Å². The molecule has 0 fully saturated rings. The second-order valence-corrected chi connectivity index (χ2v) is 7.01. The molecule has 150 valence electrons. The Hall–Kier alpha value is -4.75. The number of hydrogen-bond donors (Lipinski definition) is 3. The summed E-state index contributed by atoms with van der Waals surface area (Å²) in [6.07, 6.45) is 1.76. The molecule has 31 heavy (non-hydrogen) atoms. The Labute approximate surface area is 176 Å². The van der Waals surface area contributed by atoms with Crippen LogP contribution in [-0.2, 0) is 0 Å². The molecule has 0 unspecified atom stereocenters. The maximum atomic E-state index is 11.0. The predicted molar refractivity (Wildman–Crippen MR) is 115 cm³/mol. The Morgan fingerprint density at radius 3 is 2.45 bits per heavy atom. The Kier molecular flexibility index (Phi) is 4.58. The van der Waals surface area contributed by atoms with Crippen LogP contribution >= 0.6 is 0 Å². The first kappa shape index (κ1) is 19.6. The van der Waals surface area contributed by atoms with Gasteiger partial charge >= 0.3 is 5.97 Å². The average molecular weight is 408 g/mol. The second-order valence-electron chi connectivity index (χ2n) is 7.01. The molecule has 7 heteroatoms. The first-order valence-electron chi connectivity index (χ1n) is 9.23. The fraction of sp³-hybridized carbons (Fsp3) is 0.0417. The van der Waals surface area contributed by atoms with Crippen LogP contribution in [0.1, 0.15) is 32.8 Å². The summed E-state index contributed by atoms with van der Waals surface area (Å²) in [7, 11) is 0. The molecule has 1 aromatic carbocycles. The second kappa shape index (κ2) is 7.25. The van der Waals surface area contributed by atoms with Crippen LogP contribution in [0.3, 0.4) is 0 Å². The molecule has 1 aliphatic heterocycles. The van der Waals surface area contributed by atoms with Gasteiger partial charge in [0, 0.05) is 11.1 Å². The molecule has 2 heterocycles. The minimum Gasteiger partial charge on any atom is -0.478 e. The number of H-pyrrole nitrogens is 1. The number of aromatic nitrogens is 1. The summed E-state index contributed by atoms with van der Waals surface area (Å²) in [6, 6.07) is 14.2. The number of nitrogen functional groups attached to an aromatic ring is 1. The van der Waals surface area contributed by atoms with Gasteiger partial charge in [0.05, 0.1) is 22.4 Å². The average Bonchev–Trinajstić information content (AvgIpc) is 3.31. The molecule has 0 saturated heterocycles. The zero-order chi connectivity index (χ0) is 22.3. The molecule has 0 spiro atoms. The van der Waals surface area contributed by atoms with Gasteiger partial charge in [0.15, 0.2) is 0 Å². The van der Waals surface area contributed by atoms with E-state index in [9.17, 15) is 15.3 Å². The normalized spacial score (nSPS) is 11.4. The molecular formula is C24H16N4O3. The fourth-order valence-electron chi connectivity index (χ4n) is 3.67. The van der Waals surface area contributed by atoms with Crippen LogP contribution in [0.4, 0.5) is 5.82 Å². The summed E-state index contributed by atoms with van der Waals surface area (Å²) in [4.78, 5) is 14.0. The number of furan rings is 1. The number of rotatable bonds is 3. The van der Waals surface area contributed by atoms with E-state index < -0.39 is 5.97 Å². The summed E-state index contributed by atoms with van der Waals surface area (Å²) < 4.78 is 5.93. The van der Waals surface area contributed by atoms with Gasteiger partial charge < -0.3 is 20.2 Å². The minimum atomic E-state index is -0.996. The largest absolute Gasteiger partial charge is 0.478 e. The number of aromatic carboxylic acids is 1. The van der Waals surface area contributed by atoms with Crippen molar-refractivity contribution < 1.29 is 14.3 Å². The van der Waals surface area contributed by atoms with E-state index in [-0.39, 0.29) is 11.4 Å². The Morgan fingerprint density at radius 1 is 1.16 bits per heavy atom. The van der Waals surface area contributed by atoms with E-state index in [4.69, 9.17) is 15.3 Å². The van der Waals surface area contributed by atoms with Crippen molar-refractivity contribution in [2.75, 3.05) is 5.73 Å². The first-order chi connectivity index (χ1) is 14.8. The van der Waals surface area contributed by atoms with E-state index in [2.05, 4.69) is 23.7 Å². The number of aromatic amines is 1. The van der Waals surface area contributed by atoms with Gasteiger partial charge in [-0.3, -0.25) is 0 Å². The minimum absolute atomic E-state index is 0.190. The van der Waals surface area contributed by atoms with Gasteiger partial charge in [-0.15, -0.1) is 0 Å². The van der Waals surface area contributed by atoms with Crippen LogP contribution in [0.2, 0.25) is 0 Å². The summed E-state index contributed by atoms with van der Waals surface area (Å²) in [5.41, 5.74) is 9.43. The predicted octanol–water partition coefficient (Wildman–Crippen LogP) is 2.95. The van der Waals surface area contributed by atoms with E-state index in [1.807, 2.05) is 0 Å². The molecule has 4 N–H and O–H groups in total. The number of nitrogens with two attached hydrogens (primary N) is 1. The van der Waals surface area contributed by atoms with Crippen LogP contribution in [0, 0.1) is 29.6 Å². The smallest absolute Gasteiger partial charge is 0.335 e. The third-order valence-corrected chi connectivity index (χ3v) is 5.23. The van der Waals surface area contributed by atoms with Gasteiger partial charge in [-0.25, -0.2) is 4.79 Å². The molecular weight excluding hydrogens is 392 g/mol. The summed E-state index contributed by atoms with van der Waals surface area (Å²) in [5, 5.41) is 29.3. The third-order valence-electron chi connectivity index (χ3n) is 5.23. The van der Waals surface area contributed by atoms with Crippen LogP contribution < -0.4 is 16.2 Å². The molecule has 1 aliphatic carbocycles. The molecule has 4 rings (SSSR count). The van der Waals surface area contributed by atoms with Crippen LogP contribution in [0.25, 0.3) is 35.2 Å². The first-order valence-corrected chi connectivity index (χ1v) is 9.23. The molecule has 0 radical (unpaired) electrons. The highest BCUT2D eigenvalue weighted by atomic mass is 16.4. The molecule has 0 bridgehead atoms. The fourth-order valence-corrected chi connectivity index (χ4v) is 3.67. The monoisotopic (exact) mass is 408 g/mol. The molecule has 0 atom stereocenters. The number of nitrogens with zero attached hydrogens (tertiary/aromatic N) is 2. The van der Waals surface area contributed by atoms with Crippen molar-refractivity contribution >= 4 is 24.4 Å². The number of carbonyl (C=O) groups is 1. The van der Waals surface area contributed by atoms with Crippen molar-refractivity contribution in [2.45, 2.75) is 6.92 Å². The highest BCUT2D eigenvalue weighted by Crippen LogP contribution is 2.29. The number of nitrogens with one attached hydrogen (secondary N) is 1. The van der Waals surface area contributed by atoms with Crippen molar-refractivity contribution in [1.29, 1.82) is 10.5 Å². The van der Waals surface area contributed by atoms with E-state index >= 15 is 0 Å². The lowest BCUT2D eigenvalue weighted by Crippen LogP contribution is -2.21. The van der Waals surface area contributed by atoms with Gasteiger partial charge in [-0.05, 0) is 53.3 Å². The molecule has 0 saturated carbocycles. The SMILES string of the molecule is C=c1c(C#N)c2[nH]c(N)c(C#N)c(C)c-2/c1=C/c1ccc(-c2ccc(C(=O)O)cc2)o1. The zero-order valence-electron chi connectivity index (χ0n) is 16.5. The number of anilines is 1. The topological polar surface area (TPSA) is 140 Å². The van der Waals surface area contributed by atoms with Crippen molar-refractivity contribution in [3.05, 3.63) is 74.8 Å². The molecule has 2 aromatic rings. The van der Waals surface area contributed by atoms with Crippen molar-refractivity contribution in [3.63, 3.8) is 0 Å². The number of hydrogen-bond acceptors (Lipinski definition) is 5. The number of carboxylic acids is 1. The van der Waals surface area contributed by atoms with E-state index in [0.717, 1.165) is 5.56 Å². The highest BCUT2D eigenvalue weighted by molar-refractivity contribution is 5.88. The summed E-state index contributed by atoms with van der Waals surface area (Å²) in [6.45, 7) is 5.83. The summed E-state index contributed by atoms with van der Waals surface area (Å²) in [5.74, 6) is 0.290. The number of nitriles is 2. The van der Waals surface area contributed by atoms with Crippen molar-refractivity contribution in [3.8, 4) is 34.7 Å². The van der Waals surface area contributed by atoms with E-state index in [0.29, 0.717) is 49.9 Å². The van der Waals surface area contributed by atoms with Crippen molar-refractivity contribution in [2.24, 2.45) is 0 Å². The summed E-state index contributed by atoms with van der Waals surface area (Å²) >= 11 is 0. The van der Waals surface area contributed by atoms with Gasteiger partial charge in [0.25, 0.3) is 0 Å². The number of benzene rings is 1. The van der Waals surface area contributed by atoms with E-state index in [1.165, 1.54) is 12.1 Å². The lowest BCUT2D eigenvalue weighted by molar-refractivity contribution is 0.0697. The zero-order valence-corrected chi connectivity index (χ0v) is 16.5. The molecule has 2 aliphatic rings. The maximum absolute atomic E-state index is 11.0.